The van der Waals surface area contributed by atoms with E-state index >= 15 is 0 Å². The molecule has 2 heterocycles. The number of benzene rings is 10. The van der Waals surface area contributed by atoms with E-state index in [2.05, 4.69) is 34.9 Å². The first-order chi connectivity index (χ1) is 33.8. The summed E-state index contributed by atoms with van der Waals surface area (Å²) in [5, 5.41) is 5.35. The van der Waals surface area contributed by atoms with Crippen LogP contribution >= 0.6 is 0 Å². The number of para-hydroxylation sites is 3. The molecule has 12 aromatic rings. The molecule has 0 aliphatic heterocycles. The third-order valence-corrected chi connectivity index (χ3v) is 11.2. The molecular formula is C56H36N2O. The third kappa shape index (κ3) is 5.36. The Morgan fingerprint density at radius 3 is 1.93 bits per heavy atom. The van der Waals surface area contributed by atoms with Crippen LogP contribution < -0.4 is 4.90 Å². The molecule has 0 fully saturated rings. The van der Waals surface area contributed by atoms with E-state index in [1.807, 2.05) is 121 Å². The van der Waals surface area contributed by atoms with Crippen molar-refractivity contribution in [1.82, 2.24) is 4.57 Å². The SMILES string of the molecule is [2H]c1c([2H])c(N(c2ccc(-n3c4ccccc4c4ccccc43)cc2)c2ccccc2-c2ccc3oc4c5ccccc5ccc4c3c2)c([2H])c([2H])c1-c1c([2H])c([2H])c([2H])c2c([2H])c([2H])c([2H])c([2H])c12. The Morgan fingerprint density at radius 2 is 1.12 bits per heavy atom. The van der Waals surface area contributed by atoms with Crippen LogP contribution in [0.3, 0.4) is 0 Å². The molecule has 0 aliphatic rings. The summed E-state index contributed by atoms with van der Waals surface area (Å²) >= 11 is 0. The van der Waals surface area contributed by atoms with Crippen LogP contribution in [-0.4, -0.2) is 4.57 Å². The Morgan fingerprint density at radius 1 is 0.424 bits per heavy atom. The van der Waals surface area contributed by atoms with E-state index in [1.54, 1.807) is 4.90 Å². The molecule has 276 valence electrons. The molecule has 3 nitrogen and oxygen atoms in total. The van der Waals surface area contributed by atoms with Gasteiger partial charge in [0, 0.05) is 49.6 Å². The zero-order valence-corrected chi connectivity index (χ0v) is 31.2. The number of hydrogen-bond donors (Lipinski definition) is 0. The van der Waals surface area contributed by atoms with Gasteiger partial charge in [-0.05, 0) is 106 Å². The predicted octanol–water partition coefficient (Wildman–Crippen LogP) is 15.8. The van der Waals surface area contributed by atoms with Crippen molar-refractivity contribution in [3.63, 3.8) is 0 Å². The summed E-state index contributed by atoms with van der Waals surface area (Å²) in [7, 11) is 0. The van der Waals surface area contributed by atoms with Crippen molar-refractivity contribution < 1.29 is 19.5 Å². The molecular weight excluding hydrogens is 717 g/mol. The number of anilines is 3. The highest BCUT2D eigenvalue weighted by Crippen LogP contribution is 2.44. The minimum absolute atomic E-state index is 0.127. The molecule has 0 atom stereocenters. The fourth-order valence-corrected chi connectivity index (χ4v) is 8.47. The molecule has 10 aromatic carbocycles. The normalized spacial score (nSPS) is 14.3. The topological polar surface area (TPSA) is 21.3 Å². The van der Waals surface area contributed by atoms with E-state index in [4.69, 9.17) is 14.0 Å². The van der Waals surface area contributed by atoms with Crippen molar-refractivity contribution >= 4 is 82.4 Å². The van der Waals surface area contributed by atoms with Gasteiger partial charge in [-0.25, -0.2) is 0 Å². The average Bonchev–Trinajstić information content (AvgIpc) is 3.94. The second kappa shape index (κ2) is 13.4. The highest BCUT2D eigenvalue weighted by molar-refractivity contribution is 6.16. The van der Waals surface area contributed by atoms with Crippen LogP contribution in [0.15, 0.2) is 223 Å². The fraction of sp³-hybridized carbons (Fsp3) is 0. The Labute approximate surface area is 356 Å². The minimum atomic E-state index is -0.678. The van der Waals surface area contributed by atoms with E-state index in [0.717, 1.165) is 60.2 Å². The summed E-state index contributed by atoms with van der Waals surface area (Å²) in [5.74, 6) is 0. The molecule has 0 aliphatic carbocycles. The van der Waals surface area contributed by atoms with Crippen molar-refractivity contribution in [1.29, 1.82) is 0 Å². The smallest absolute Gasteiger partial charge is 0.143 e. The van der Waals surface area contributed by atoms with Gasteiger partial charge in [0.25, 0.3) is 0 Å². The van der Waals surface area contributed by atoms with E-state index in [1.165, 1.54) is 0 Å². The number of hydrogen-bond acceptors (Lipinski definition) is 2. The lowest BCUT2D eigenvalue weighted by Crippen LogP contribution is -2.11. The number of nitrogens with zero attached hydrogens (tertiary/aromatic N) is 2. The van der Waals surface area contributed by atoms with Crippen LogP contribution in [0.1, 0.15) is 15.1 Å². The Balaban J connectivity index is 1.11. The number of furan rings is 1. The second-order valence-corrected chi connectivity index (χ2v) is 14.4. The molecule has 3 heteroatoms. The van der Waals surface area contributed by atoms with Crippen LogP contribution in [0.2, 0.25) is 0 Å². The first kappa shape index (κ1) is 24.0. The van der Waals surface area contributed by atoms with Gasteiger partial charge < -0.3 is 13.9 Å². The highest BCUT2D eigenvalue weighted by atomic mass is 16.3. The largest absolute Gasteiger partial charge is 0.455 e. The number of rotatable bonds is 6. The molecule has 0 saturated carbocycles. The maximum absolute atomic E-state index is 9.81. The molecule has 2 aromatic heterocycles. The Bertz CT molecular complexity index is 4130. The van der Waals surface area contributed by atoms with Gasteiger partial charge in [-0.3, -0.25) is 0 Å². The van der Waals surface area contributed by atoms with Crippen LogP contribution in [0, 0.1) is 0 Å². The molecule has 59 heavy (non-hydrogen) atoms. The first-order valence-corrected chi connectivity index (χ1v) is 19.3. The Hall–Kier alpha value is -7.88. The van der Waals surface area contributed by atoms with E-state index in [9.17, 15) is 5.48 Å². The summed E-state index contributed by atoms with van der Waals surface area (Å²) in [6.07, 6.45) is 0. The van der Waals surface area contributed by atoms with Gasteiger partial charge in [0.2, 0.25) is 0 Å². The fourth-order valence-electron chi connectivity index (χ4n) is 8.47. The van der Waals surface area contributed by atoms with E-state index < -0.39 is 72.0 Å². The molecule has 0 unspecified atom stereocenters. The molecule has 0 saturated heterocycles. The summed E-state index contributed by atoms with van der Waals surface area (Å²) in [6, 6.07) is 42.9. The number of aromatic nitrogens is 1. The van der Waals surface area contributed by atoms with E-state index in [-0.39, 0.29) is 22.0 Å². The lowest BCUT2D eigenvalue weighted by atomic mass is 9.97. The zero-order chi connectivity index (χ0) is 48.4. The zero-order valence-electron chi connectivity index (χ0n) is 42.2. The maximum Gasteiger partial charge on any atom is 0.143 e. The second-order valence-electron chi connectivity index (χ2n) is 14.4. The highest BCUT2D eigenvalue weighted by Gasteiger charge is 2.20. The van der Waals surface area contributed by atoms with Crippen LogP contribution in [0.5, 0.6) is 0 Å². The minimum Gasteiger partial charge on any atom is -0.455 e. The molecule has 0 radical (unpaired) electrons. The van der Waals surface area contributed by atoms with Crippen molar-refractivity contribution in [2.75, 3.05) is 4.90 Å². The standard InChI is InChI=1S/C56H36N2O/c1-3-15-44-37(12-1)14-11-20-45(44)39-24-28-41(29-25-39)57(42-30-32-43(33-31-42)58-53-22-9-6-18-48(53)49-19-7-10-23-54(49)58)52-21-8-5-16-46(52)40-27-35-55-51(36-40)50-34-26-38-13-2-4-17-47(38)56(50)59-55/h1-36H/i1D,3D,11D,12D,14D,15D,20D,24D,25D,28D,29D. The molecule has 12 rings (SSSR count). The first-order valence-electron chi connectivity index (χ1n) is 24.8. The maximum atomic E-state index is 9.81. The van der Waals surface area contributed by atoms with Gasteiger partial charge in [-0.2, -0.15) is 0 Å². The molecule has 0 amide bonds. The molecule has 0 bridgehead atoms. The lowest BCUT2D eigenvalue weighted by Gasteiger charge is -2.28. The third-order valence-electron chi connectivity index (χ3n) is 11.2. The van der Waals surface area contributed by atoms with Crippen LogP contribution in [-0.2, 0) is 0 Å². The quantitative estimate of drug-likeness (QED) is 0.168. The molecule has 0 N–H and O–H groups in total. The lowest BCUT2D eigenvalue weighted by molar-refractivity contribution is 0.672. The van der Waals surface area contributed by atoms with Gasteiger partial charge in [-0.15, -0.1) is 0 Å². The summed E-state index contributed by atoms with van der Waals surface area (Å²) in [6.45, 7) is 0. The summed E-state index contributed by atoms with van der Waals surface area (Å²) < 4.78 is 108. The van der Waals surface area contributed by atoms with E-state index in [0.29, 0.717) is 22.5 Å². The van der Waals surface area contributed by atoms with Crippen molar-refractivity contribution in [2.45, 2.75) is 0 Å². The van der Waals surface area contributed by atoms with Crippen molar-refractivity contribution in [2.24, 2.45) is 0 Å². The predicted molar refractivity (Wildman–Crippen MR) is 249 cm³/mol. The van der Waals surface area contributed by atoms with Crippen LogP contribution in [0.4, 0.5) is 17.1 Å². The van der Waals surface area contributed by atoms with Gasteiger partial charge >= 0.3 is 0 Å². The molecule has 0 spiro atoms. The Kier molecular flexibility index (Phi) is 5.44. The average molecular weight is 764 g/mol. The summed E-state index contributed by atoms with van der Waals surface area (Å²) in [5.41, 5.74) is 5.88. The van der Waals surface area contributed by atoms with Gasteiger partial charge in [-0.1, -0.05) is 145 Å². The van der Waals surface area contributed by atoms with Gasteiger partial charge in [0.1, 0.15) is 11.2 Å². The van der Waals surface area contributed by atoms with Gasteiger partial charge in [0.15, 0.2) is 0 Å². The van der Waals surface area contributed by atoms with Crippen molar-refractivity contribution in [3.8, 4) is 27.9 Å². The van der Waals surface area contributed by atoms with Gasteiger partial charge in [0.05, 0.1) is 31.8 Å². The number of fused-ring (bicyclic) bond motifs is 9. The monoisotopic (exact) mass is 763 g/mol. The van der Waals surface area contributed by atoms with Crippen LogP contribution in [0.25, 0.3) is 93.2 Å². The summed E-state index contributed by atoms with van der Waals surface area (Å²) in [4.78, 5) is 1.69. The van der Waals surface area contributed by atoms with Crippen molar-refractivity contribution in [3.05, 3.63) is 218 Å².